The molecular formula is C91H109N13O5S. The van der Waals surface area contributed by atoms with E-state index in [1.54, 1.807) is 42.5 Å². The van der Waals surface area contributed by atoms with Crippen LogP contribution in [0.4, 0.5) is 11.4 Å². The third-order valence-corrected chi connectivity index (χ3v) is 19.5. The molecule has 19 heteroatoms. The first kappa shape index (κ1) is 82.9. The number of ether oxygens (including phenoxy) is 3. The number of fused-ring (bicyclic) bond motifs is 8. The maximum Gasteiger partial charge on any atom is 0.262 e. The number of H-pyrrole nitrogens is 3. The summed E-state index contributed by atoms with van der Waals surface area (Å²) in [6, 6.07) is 47.8. The van der Waals surface area contributed by atoms with Crippen LogP contribution in [-0.2, 0) is 16.0 Å². The van der Waals surface area contributed by atoms with Gasteiger partial charge in [0.15, 0.2) is 23.8 Å². The molecule has 0 spiro atoms. The van der Waals surface area contributed by atoms with Gasteiger partial charge in [-0.1, -0.05) is 173 Å². The van der Waals surface area contributed by atoms with Gasteiger partial charge >= 0.3 is 0 Å². The number of hydrogen-bond acceptors (Lipinski definition) is 14. The van der Waals surface area contributed by atoms with E-state index in [-0.39, 0.29) is 18.4 Å². The molecule has 5 N–H and O–H groups in total. The van der Waals surface area contributed by atoms with Crippen LogP contribution >= 0.6 is 11.3 Å². The van der Waals surface area contributed by atoms with Gasteiger partial charge in [0.05, 0.1) is 62.4 Å². The van der Waals surface area contributed by atoms with Gasteiger partial charge in [0.1, 0.15) is 24.6 Å². The molecular weight excluding hydrogens is 1390 g/mol. The number of amides is 2. The number of carbonyl (C=O) groups excluding carboxylic acids is 2. The molecule has 17 rings (SSSR count). The van der Waals surface area contributed by atoms with Crippen molar-refractivity contribution in [2.24, 2.45) is 0 Å². The Kier molecular flexibility index (Phi) is 30.4. The zero-order chi connectivity index (χ0) is 79.0. The van der Waals surface area contributed by atoms with Crippen molar-refractivity contribution in [1.29, 1.82) is 0 Å². The number of aromatic amines is 3. The highest BCUT2D eigenvalue weighted by Crippen LogP contribution is 2.35. The lowest BCUT2D eigenvalue weighted by atomic mass is 10.00. The van der Waals surface area contributed by atoms with E-state index >= 15 is 0 Å². The van der Waals surface area contributed by atoms with Crippen LogP contribution < -0.4 is 24.8 Å². The third kappa shape index (κ3) is 24.2. The van der Waals surface area contributed by atoms with Crippen LogP contribution in [0, 0.1) is 0 Å². The number of carbonyl (C=O) groups is 2. The Morgan fingerprint density at radius 3 is 1.55 bits per heavy atom. The second-order valence-electron chi connectivity index (χ2n) is 30.1. The quantitative estimate of drug-likeness (QED) is 0.0905. The summed E-state index contributed by atoms with van der Waals surface area (Å²) in [4.78, 5) is 57.7. The maximum atomic E-state index is 11.1. The second kappa shape index (κ2) is 40.3. The molecule has 110 heavy (non-hydrogen) atoms. The Balaban J connectivity index is 0.000000143. The molecule has 14 aromatic rings. The van der Waals surface area contributed by atoms with Crippen molar-refractivity contribution >= 4 is 88.9 Å². The summed E-state index contributed by atoms with van der Waals surface area (Å²) in [5, 5.41) is 14.6. The van der Waals surface area contributed by atoms with E-state index in [0.717, 1.165) is 78.5 Å². The van der Waals surface area contributed by atoms with Crippen LogP contribution in [0.2, 0.25) is 0 Å². The predicted molar refractivity (Wildman–Crippen MR) is 453 cm³/mol. The van der Waals surface area contributed by atoms with Crippen molar-refractivity contribution < 1.29 is 23.8 Å². The molecule has 0 unspecified atom stereocenters. The van der Waals surface area contributed by atoms with Gasteiger partial charge < -0.3 is 34.8 Å². The van der Waals surface area contributed by atoms with Crippen LogP contribution in [0.1, 0.15) is 234 Å². The van der Waals surface area contributed by atoms with E-state index in [1.165, 1.54) is 60.2 Å². The summed E-state index contributed by atoms with van der Waals surface area (Å²) in [5.41, 5.74) is 23.6. The van der Waals surface area contributed by atoms with Crippen molar-refractivity contribution in [3.05, 3.63) is 257 Å². The molecule has 0 radical (unpaired) electrons. The lowest BCUT2D eigenvalue weighted by Gasteiger charge is -2.19. The number of thiazole rings is 1. The zero-order valence-electron chi connectivity index (χ0n) is 67.1. The lowest BCUT2D eigenvalue weighted by molar-refractivity contribution is -0.118. The predicted octanol–water partition coefficient (Wildman–Crippen LogP) is 22.9. The topological polar surface area (TPSA) is 236 Å². The summed E-state index contributed by atoms with van der Waals surface area (Å²) < 4.78 is 17.5. The highest BCUT2D eigenvalue weighted by Gasteiger charge is 2.19. The van der Waals surface area contributed by atoms with Gasteiger partial charge in [-0.15, -0.1) is 11.3 Å². The number of hydrogen-bond donors (Lipinski definition) is 5. The van der Waals surface area contributed by atoms with Crippen molar-refractivity contribution in [2.45, 2.75) is 184 Å². The smallest absolute Gasteiger partial charge is 0.262 e. The van der Waals surface area contributed by atoms with Crippen LogP contribution in [0.25, 0.3) is 54.4 Å². The minimum absolute atomic E-state index is 0.0882. The molecule has 0 aliphatic carbocycles. The van der Waals surface area contributed by atoms with Crippen molar-refractivity contribution in [3.8, 4) is 17.2 Å². The molecule has 574 valence electrons. The number of pyridine rings is 3. The number of imidazole rings is 1. The van der Waals surface area contributed by atoms with Gasteiger partial charge in [0.2, 0.25) is 5.91 Å². The minimum atomic E-state index is -0.0882. The Morgan fingerprint density at radius 2 is 0.918 bits per heavy atom. The summed E-state index contributed by atoms with van der Waals surface area (Å²) in [6.07, 6.45) is 17.0. The molecule has 0 saturated carbocycles. The monoisotopic (exact) mass is 1500 g/mol. The Hall–Kier alpha value is -11.2. The molecule has 8 aromatic heterocycles. The van der Waals surface area contributed by atoms with Gasteiger partial charge in [0, 0.05) is 59.8 Å². The van der Waals surface area contributed by atoms with Crippen LogP contribution in [0.15, 0.2) is 201 Å². The first-order valence-electron chi connectivity index (χ1n) is 38.2. The Bertz CT molecular complexity index is 4920. The fourth-order valence-corrected chi connectivity index (χ4v) is 12.2. The number of benzene rings is 6. The molecule has 0 saturated heterocycles. The number of anilines is 2. The molecule has 18 nitrogen and oxygen atoms in total. The van der Waals surface area contributed by atoms with E-state index in [0.29, 0.717) is 72.9 Å². The highest BCUT2D eigenvalue weighted by atomic mass is 32.1. The summed E-state index contributed by atoms with van der Waals surface area (Å²) in [7, 11) is 0. The first-order valence-corrected chi connectivity index (χ1v) is 39.1. The highest BCUT2D eigenvalue weighted by molar-refractivity contribution is 7.16. The fraction of sp³-hybridized carbons (Fsp3) is 0.341. The molecule has 6 aromatic carbocycles. The second-order valence-corrected chi connectivity index (χ2v) is 31.0. The molecule has 0 atom stereocenters. The average Bonchev–Trinajstić information content (AvgIpc) is 1.26. The van der Waals surface area contributed by atoms with E-state index in [1.807, 2.05) is 78.8 Å². The number of nitrogens with one attached hydrogen (secondary N) is 5. The number of nitrogens with zero attached hydrogens (tertiary/aromatic N) is 8. The lowest BCUT2D eigenvalue weighted by Crippen LogP contribution is -2.25. The molecule has 11 heterocycles. The van der Waals surface area contributed by atoms with Crippen molar-refractivity contribution in [2.75, 3.05) is 30.5 Å². The van der Waals surface area contributed by atoms with Gasteiger partial charge in [-0.25, -0.2) is 19.9 Å². The average molecular weight is 1500 g/mol. The van der Waals surface area contributed by atoms with Crippen molar-refractivity contribution in [1.82, 2.24) is 55.1 Å². The molecule has 3 aliphatic heterocycles. The summed E-state index contributed by atoms with van der Waals surface area (Å²) in [5.74, 6) is 7.49. The van der Waals surface area contributed by atoms with E-state index in [9.17, 15) is 9.59 Å². The SMILES string of the molecule is CC(C)c1ccc2c(c1)CC(=O)N2.CC(C)c1ccc2c(c1)OCC(=O)N2.CC(C)c1ccc2c(c1)OCCO2.CC(C)c1ccc2nc[nH]c2c1.CC(C)c1ccc2nccnc2c1.CC(C)c1ccc2scnc2c1.CC(C)c1cccnc1.CC(C)c1cnc2[nH]ccc2c1.CC(C)c1cnc2[nH]ncc2c1. The van der Waals surface area contributed by atoms with Gasteiger partial charge in [0.25, 0.3) is 5.91 Å². The maximum absolute atomic E-state index is 11.1. The molecule has 3 aliphatic rings. The molecule has 0 bridgehead atoms. The Morgan fingerprint density at radius 1 is 0.382 bits per heavy atom. The standard InChI is InChI=1S/C11H12N2.C11H13NO2.C11H13NO.C11H14O2.2C10H12N2.C10H11NS.C9H11N3.C8H11N/c1-8(2)9-3-4-10-11(7-9)13-6-5-12-10;1-7(2)8-3-4-9-10(5-8)14-6-11(13)12-9;1-7(2)8-3-4-10-9(5-8)6-11(13)12-10;1-8(2)9-3-4-10-11(7-9)13-6-5-12-10;1-7(2)9-5-8-3-4-11-10(8)12-6-9;1-7(2)8-3-4-9-10(5-8)12-6-11-9;1-7(2)8-3-4-10-9(5-8)11-6-12-10;1-6(2)7-3-8-5-11-12-9(8)10-4-7;1-7(2)8-4-3-5-9-6-8/h3-8H,1-2H3;3-5,7H,6H2,1-2H3,(H,12,13);3-5,7H,6H2,1-2H3,(H,12,13);3-4,7-8H,5-6H2,1-2H3;2*3-7H,1-2H3,(H,11,12);3-7H,1-2H3;3-6H,1-2H3,(H,10,11,12);3-7H,1-2H3. The number of aromatic nitrogens is 11. The van der Waals surface area contributed by atoms with Crippen LogP contribution in [-0.4, -0.2) is 86.7 Å². The zero-order valence-corrected chi connectivity index (χ0v) is 67.9. The van der Waals surface area contributed by atoms with Gasteiger partial charge in [-0.3, -0.25) is 29.6 Å². The number of rotatable bonds is 9. The van der Waals surface area contributed by atoms with Gasteiger partial charge in [-0.05, 0) is 200 Å². The summed E-state index contributed by atoms with van der Waals surface area (Å²) in [6.45, 7) is 40.5. The van der Waals surface area contributed by atoms with E-state index in [4.69, 9.17) is 14.2 Å². The summed E-state index contributed by atoms with van der Waals surface area (Å²) >= 11 is 1.70. The van der Waals surface area contributed by atoms with Crippen LogP contribution in [0.5, 0.6) is 17.2 Å². The van der Waals surface area contributed by atoms with E-state index in [2.05, 4.69) is 281 Å². The Labute approximate surface area is 652 Å². The molecule has 2 amide bonds. The fourth-order valence-electron chi connectivity index (χ4n) is 11.5. The van der Waals surface area contributed by atoms with Gasteiger partial charge in [-0.2, -0.15) is 5.10 Å². The largest absolute Gasteiger partial charge is 0.486 e. The first-order chi connectivity index (χ1) is 52.8. The minimum Gasteiger partial charge on any atom is -0.486 e. The third-order valence-electron chi connectivity index (χ3n) is 18.7. The normalized spacial score (nSPS) is 12.4. The van der Waals surface area contributed by atoms with Crippen molar-refractivity contribution in [3.63, 3.8) is 0 Å². The van der Waals surface area contributed by atoms with E-state index < -0.39 is 0 Å². The van der Waals surface area contributed by atoms with Crippen LogP contribution in [0.3, 0.4) is 0 Å². The molecule has 0 fully saturated rings.